The summed E-state index contributed by atoms with van der Waals surface area (Å²) >= 11 is 6.18. The second kappa shape index (κ2) is 9.31. The highest BCUT2D eigenvalue weighted by Crippen LogP contribution is 2.30. The SMILES string of the molecule is CC1CC(C)CN(c2ccc(Cl)cc2C(=O)NCCc2ccc(C(=O)O)cc2)C1. The molecule has 1 aliphatic heterocycles. The molecule has 154 valence electrons. The molecular formula is C23H27ClN2O3. The van der Waals surface area contributed by atoms with Crippen molar-refractivity contribution in [3.63, 3.8) is 0 Å². The topological polar surface area (TPSA) is 69.6 Å². The summed E-state index contributed by atoms with van der Waals surface area (Å²) in [5.74, 6) is 0.0773. The number of hydrogen-bond acceptors (Lipinski definition) is 3. The van der Waals surface area contributed by atoms with Crippen molar-refractivity contribution in [2.45, 2.75) is 26.7 Å². The number of benzene rings is 2. The molecule has 2 N–H and O–H groups in total. The minimum atomic E-state index is -0.945. The molecule has 0 aromatic heterocycles. The fraction of sp³-hybridized carbons (Fsp3) is 0.391. The number of nitrogens with one attached hydrogen (secondary N) is 1. The Morgan fingerprint density at radius 2 is 1.76 bits per heavy atom. The summed E-state index contributed by atoms with van der Waals surface area (Å²) in [5, 5.41) is 12.5. The lowest BCUT2D eigenvalue weighted by Crippen LogP contribution is -2.40. The molecule has 1 fully saturated rings. The number of piperidine rings is 1. The van der Waals surface area contributed by atoms with Crippen LogP contribution < -0.4 is 10.2 Å². The summed E-state index contributed by atoms with van der Waals surface area (Å²) < 4.78 is 0. The molecule has 5 nitrogen and oxygen atoms in total. The summed E-state index contributed by atoms with van der Waals surface area (Å²) in [5.41, 5.74) is 2.75. The van der Waals surface area contributed by atoms with E-state index in [1.165, 1.54) is 6.42 Å². The van der Waals surface area contributed by atoms with E-state index in [0.717, 1.165) is 24.3 Å². The van der Waals surface area contributed by atoms with Crippen LogP contribution in [0.3, 0.4) is 0 Å². The standard InChI is InChI=1S/C23H27ClN2O3/c1-15-11-16(2)14-26(13-15)21-8-7-19(24)12-20(21)22(27)25-10-9-17-3-5-18(6-4-17)23(28)29/h3-8,12,15-16H,9-11,13-14H2,1-2H3,(H,25,27)(H,28,29). The maximum absolute atomic E-state index is 12.9. The maximum atomic E-state index is 12.9. The van der Waals surface area contributed by atoms with Gasteiger partial charge >= 0.3 is 5.97 Å². The number of carboxylic acid groups (broad SMARTS) is 1. The Morgan fingerprint density at radius 3 is 2.38 bits per heavy atom. The second-order valence-corrected chi connectivity index (χ2v) is 8.46. The molecular weight excluding hydrogens is 388 g/mol. The molecule has 2 atom stereocenters. The van der Waals surface area contributed by atoms with Crippen LogP contribution in [0.5, 0.6) is 0 Å². The summed E-state index contributed by atoms with van der Waals surface area (Å²) in [7, 11) is 0. The van der Waals surface area contributed by atoms with Crippen LogP contribution in [0.4, 0.5) is 5.69 Å². The lowest BCUT2D eigenvalue weighted by atomic mass is 9.91. The number of aromatic carboxylic acids is 1. The Balaban J connectivity index is 1.67. The van der Waals surface area contributed by atoms with Gasteiger partial charge in [-0.3, -0.25) is 4.79 Å². The molecule has 6 heteroatoms. The van der Waals surface area contributed by atoms with E-state index in [-0.39, 0.29) is 11.5 Å². The number of carboxylic acids is 1. The van der Waals surface area contributed by atoms with Crippen molar-refractivity contribution in [1.29, 1.82) is 0 Å². The van der Waals surface area contributed by atoms with Gasteiger partial charge in [-0.15, -0.1) is 0 Å². The van der Waals surface area contributed by atoms with Gasteiger partial charge < -0.3 is 15.3 Å². The lowest BCUT2D eigenvalue weighted by Gasteiger charge is -2.37. The first-order chi connectivity index (χ1) is 13.8. The number of carbonyl (C=O) groups is 2. The van der Waals surface area contributed by atoms with Gasteiger partial charge in [0.15, 0.2) is 0 Å². The molecule has 0 spiro atoms. The van der Waals surface area contributed by atoms with Crippen molar-refractivity contribution >= 4 is 29.2 Å². The van der Waals surface area contributed by atoms with Crippen molar-refractivity contribution in [2.75, 3.05) is 24.5 Å². The van der Waals surface area contributed by atoms with E-state index in [4.69, 9.17) is 16.7 Å². The summed E-state index contributed by atoms with van der Waals surface area (Å²) in [6.45, 7) is 6.82. The van der Waals surface area contributed by atoms with Gasteiger partial charge in [-0.05, 0) is 60.6 Å². The third-order valence-corrected chi connectivity index (χ3v) is 5.55. The van der Waals surface area contributed by atoms with Crippen molar-refractivity contribution in [3.05, 3.63) is 64.2 Å². The molecule has 1 heterocycles. The smallest absolute Gasteiger partial charge is 0.335 e. The van der Waals surface area contributed by atoms with E-state index in [2.05, 4.69) is 24.1 Å². The van der Waals surface area contributed by atoms with E-state index < -0.39 is 5.97 Å². The molecule has 3 rings (SSSR count). The maximum Gasteiger partial charge on any atom is 0.335 e. The summed E-state index contributed by atoms with van der Waals surface area (Å²) in [6.07, 6.45) is 1.83. The summed E-state index contributed by atoms with van der Waals surface area (Å²) in [6, 6.07) is 12.2. The van der Waals surface area contributed by atoms with Crippen LogP contribution in [-0.2, 0) is 6.42 Å². The van der Waals surface area contributed by atoms with Crippen LogP contribution in [0, 0.1) is 11.8 Å². The first-order valence-corrected chi connectivity index (χ1v) is 10.4. The van der Waals surface area contributed by atoms with E-state index in [1.807, 2.05) is 12.1 Å². The van der Waals surface area contributed by atoms with Gasteiger partial charge in [0.05, 0.1) is 11.1 Å². The minimum Gasteiger partial charge on any atom is -0.478 e. The number of carbonyl (C=O) groups excluding carboxylic acids is 1. The minimum absolute atomic E-state index is 0.143. The summed E-state index contributed by atoms with van der Waals surface area (Å²) in [4.78, 5) is 26.1. The molecule has 1 amide bonds. The monoisotopic (exact) mass is 414 g/mol. The van der Waals surface area contributed by atoms with Gasteiger partial charge in [-0.25, -0.2) is 4.79 Å². The molecule has 0 radical (unpaired) electrons. The Hall–Kier alpha value is -2.53. The fourth-order valence-corrected chi connectivity index (χ4v) is 4.23. The first-order valence-electron chi connectivity index (χ1n) is 9.98. The van der Waals surface area contributed by atoms with Crippen LogP contribution in [-0.4, -0.2) is 36.6 Å². The van der Waals surface area contributed by atoms with Gasteiger partial charge in [0.2, 0.25) is 0 Å². The molecule has 0 saturated carbocycles. The highest BCUT2D eigenvalue weighted by molar-refractivity contribution is 6.31. The fourth-order valence-electron chi connectivity index (χ4n) is 4.06. The highest BCUT2D eigenvalue weighted by Gasteiger charge is 2.25. The van der Waals surface area contributed by atoms with Crippen LogP contribution in [0.15, 0.2) is 42.5 Å². The molecule has 1 saturated heterocycles. The van der Waals surface area contributed by atoms with E-state index in [1.54, 1.807) is 30.3 Å². The molecule has 29 heavy (non-hydrogen) atoms. The second-order valence-electron chi connectivity index (χ2n) is 8.02. The molecule has 0 bridgehead atoms. The van der Waals surface area contributed by atoms with Gasteiger partial charge in [-0.2, -0.15) is 0 Å². The van der Waals surface area contributed by atoms with Crippen molar-refractivity contribution in [1.82, 2.24) is 5.32 Å². The van der Waals surface area contributed by atoms with Gasteiger partial charge in [0.1, 0.15) is 0 Å². The quantitative estimate of drug-likeness (QED) is 0.730. The Labute approximate surface area is 176 Å². The number of amides is 1. The Bertz CT molecular complexity index is 872. The Kier molecular flexibility index (Phi) is 6.80. The largest absolute Gasteiger partial charge is 0.478 e. The number of rotatable bonds is 6. The first kappa shape index (κ1) is 21.2. The highest BCUT2D eigenvalue weighted by atomic mass is 35.5. The van der Waals surface area contributed by atoms with Gasteiger partial charge in [-0.1, -0.05) is 37.6 Å². The number of nitrogens with zero attached hydrogens (tertiary/aromatic N) is 1. The Morgan fingerprint density at radius 1 is 1.10 bits per heavy atom. The molecule has 0 aliphatic carbocycles. The van der Waals surface area contributed by atoms with E-state index in [0.29, 0.717) is 35.4 Å². The lowest BCUT2D eigenvalue weighted by molar-refractivity contribution is 0.0696. The predicted octanol–water partition coefficient (Wildman–Crippen LogP) is 4.49. The third-order valence-electron chi connectivity index (χ3n) is 5.31. The van der Waals surface area contributed by atoms with Gasteiger partial charge in [0.25, 0.3) is 5.91 Å². The van der Waals surface area contributed by atoms with Gasteiger partial charge in [0, 0.05) is 30.3 Å². The van der Waals surface area contributed by atoms with Crippen molar-refractivity contribution in [3.8, 4) is 0 Å². The zero-order valence-electron chi connectivity index (χ0n) is 16.8. The average molecular weight is 415 g/mol. The molecule has 2 aromatic carbocycles. The van der Waals surface area contributed by atoms with Crippen LogP contribution in [0.1, 0.15) is 46.5 Å². The third kappa shape index (κ3) is 5.51. The number of anilines is 1. The van der Waals surface area contributed by atoms with Crippen LogP contribution in [0.2, 0.25) is 5.02 Å². The molecule has 2 aromatic rings. The predicted molar refractivity (Wildman–Crippen MR) is 116 cm³/mol. The van der Waals surface area contributed by atoms with Crippen LogP contribution >= 0.6 is 11.6 Å². The average Bonchev–Trinajstić information content (AvgIpc) is 2.67. The van der Waals surface area contributed by atoms with Crippen LogP contribution in [0.25, 0.3) is 0 Å². The van der Waals surface area contributed by atoms with E-state index >= 15 is 0 Å². The molecule has 2 unspecified atom stereocenters. The van der Waals surface area contributed by atoms with Crippen molar-refractivity contribution < 1.29 is 14.7 Å². The zero-order chi connectivity index (χ0) is 21.0. The number of hydrogen-bond donors (Lipinski definition) is 2. The van der Waals surface area contributed by atoms with Crippen molar-refractivity contribution in [2.24, 2.45) is 11.8 Å². The normalized spacial score (nSPS) is 19.1. The zero-order valence-corrected chi connectivity index (χ0v) is 17.6. The molecule has 1 aliphatic rings. The van der Waals surface area contributed by atoms with E-state index in [9.17, 15) is 9.59 Å². The number of halogens is 1.